The van der Waals surface area contributed by atoms with Crippen LogP contribution in [0, 0.1) is 0 Å². The van der Waals surface area contributed by atoms with E-state index < -0.39 is 0 Å². The Morgan fingerprint density at radius 3 is 2.64 bits per heavy atom. The summed E-state index contributed by atoms with van der Waals surface area (Å²) in [5.41, 5.74) is 5.82. The van der Waals surface area contributed by atoms with Crippen LogP contribution in [0.25, 0.3) is 28.0 Å². The Labute approximate surface area is 145 Å². The van der Waals surface area contributed by atoms with Gasteiger partial charge in [0.1, 0.15) is 5.65 Å². The lowest BCUT2D eigenvalue weighted by Crippen LogP contribution is -2.05. The third-order valence-electron chi connectivity index (χ3n) is 4.01. The number of rotatable bonds is 3. The highest BCUT2D eigenvalue weighted by molar-refractivity contribution is 5.89. The van der Waals surface area contributed by atoms with E-state index in [4.69, 9.17) is 0 Å². The van der Waals surface area contributed by atoms with Crippen LogP contribution in [0.4, 0.5) is 5.69 Å². The van der Waals surface area contributed by atoms with Gasteiger partial charge in [0.15, 0.2) is 0 Å². The first-order valence-electron chi connectivity index (χ1n) is 7.96. The van der Waals surface area contributed by atoms with Gasteiger partial charge in [-0.1, -0.05) is 12.1 Å². The summed E-state index contributed by atoms with van der Waals surface area (Å²) in [6, 6.07) is 15.8. The van der Waals surface area contributed by atoms with E-state index >= 15 is 0 Å². The summed E-state index contributed by atoms with van der Waals surface area (Å²) >= 11 is 0. The van der Waals surface area contributed by atoms with Crippen molar-refractivity contribution in [1.29, 1.82) is 0 Å². The van der Waals surface area contributed by atoms with Crippen LogP contribution in [0.15, 0.2) is 73.3 Å². The molecule has 1 aromatic carbocycles. The Hall–Kier alpha value is -3.47. The maximum atomic E-state index is 11.3. The molecule has 0 spiro atoms. The van der Waals surface area contributed by atoms with E-state index in [1.165, 1.54) is 6.92 Å². The van der Waals surface area contributed by atoms with Crippen molar-refractivity contribution >= 4 is 17.2 Å². The van der Waals surface area contributed by atoms with Crippen molar-refractivity contribution in [2.24, 2.45) is 0 Å². The Morgan fingerprint density at radius 1 is 1.00 bits per heavy atom. The monoisotopic (exact) mass is 328 g/mol. The van der Waals surface area contributed by atoms with Gasteiger partial charge in [0.2, 0.25) is 5.91 Å². The van der Waals surface area contributed by atoms with Gasteiger partial charge in [-0.3, -0.25) is 14.2 Å². The summed E-state index contributed by atoms with van der Waals surface area (Å²) in [7, 11) is 0. The van der Waals surface area contributed by atoms with E-state index in [0.717, 1.165) is 33.7 Å². The maximum Gasteiger partial charge on any atom is 0.221 e. The van der Waals surface area contributed by atoms with Crippen molar-refractivity contribution in [3.8, 4) is 22.4 Å². The number of hydrogen-bond donors (Lipinski definition) is 1. The molecule has 0 atom stereocenters. The van der Waals surface area contributed by atoms with Gasteiger partial charge in [-0.2, -0.15) is 0 Å². The highest BCUT2D eigenvalue weighted by Gasteiger charge is 2.08. The number of hydrogen-bond acceptors (Lipinski definition) is 3. The van der Waals surface area contributed by atoms with Crippen LogP contribution in [-0.2, 0) is 4.79 Å². The molecule has 3 heterocycles. The quantitative estimate of drug-likeness (QED) is 0.618. The smallest absolute Gasteiger partial charge is 0.221 e. The number of carbonyl (C=O) groups excluding carboxylic acids is 1. The molecule has 0 saturated heterocycles. The third-order valence-corrected chi connectivity index (χ3v) is 4.01. The standard InChI is InChI=1S/C20H16N4O/c1-14(25)23-18-4-2-3-17(11-18)19-13-22-20-12-16(7-10-24(19)20)15-5-8-21-9-6-15/h2-13H,1H3,(H,23,25). The molecule has 0 unspecified atom stereocenters. The van der Waals surface area contributed by atoms with Gasteiger partial charge in [0.05, 0.1) is 11.9 Å². The summed E-state index contributed by atoms with van der Waals surface area (Å²) in [6.07, 6.45) is 7.42. The fourth-order valence-electron chi connectivity index (χ4n) is 2.88. The van der Waals surface area contributed by atoms with Crippen molar-refractivity contribution in [3.05, 3.63) is 73.3 Å². The van der Waals surface area contributed by atoms with Crippen molar-refractivity contribution in [2.45, 2.75) is 6.92 Å². The predicted octanol–water partition coefficient (Wildman–Crippen LogP) is 4.02. The number of amides is 1. The molecular formula is C20H16N4O. The zero-order valence-corrected chi connectivity index (χ0v) is 13.7. The van der Waals surface area contributed by atoms with Crippen LogP contribution in [0.3, 0.4) is 0 Å². The Bertz CT molecular complexity index is 1050. The zero-order valence-electron chi connectivity index (χ0n) is 13.7. The van der Waals surface area contributed by atoms with Crippen molar-refractivity contribution in [2.75, 3.05) is 5.32 Å². The van der Waals surface area contributed by atoms with Crippen LogP contribution in [0.5, 0.6) is 0 Å². The third kappa shape index (κ3) is 2.99. The second kappa shape index (κ2) is 6.20. The van der Waals surface area contributed by atoms with Crippen LogP contribution >= 0.6 is 0 Å². The molecule has 1 amide bonds. The summed E-state index contributed by atoms with van der Waals surface area (Å²) in [6.45, 7) is 1.50. The first-order chi connectivity index (χ1) is 12.2. The van der Waals surface area contributed by atoms with E-state index in [1.54, 1.807) is 12.4 Å². The lowest BCUT2D eigenvalue weighted by atomic mass is 10.1. The fraction of sp³-hybridized carbons (Fsp3) is 0.0500. The Balaban J connectivity index is 1.76. The van der Waals surface area contributed by atoms with E-state index in [2.05, 4.69) is 27.4 Å². The molecule has 3 aromatic heterocycles. The van der Waals surface area contributed by atoms with Gasteiger partial charge < -0.3 is 5.32 Å². The van der Waals surface area contributed by atoms with Gasteiger partial charge in [-0.25, -0.2) is 4.98 Å². The summed E-state index contributed by atoms with van der Waals surface area (Å²) < 4.78 is 2.04. The molecule has 25 heavy (non-hydrogen) atoms. The van der Waals surface area contributed by atoms with E-state index in [9.17, 15) is 4.79 Å². The van der Waals surface area contributed by atoms with Gasteiger partial charge in [-0.05, 0) is 47.5 Å². The lowest BCUT2D eigenvalue weighted by Gasteiger charge is -2.07. The SMILES string of the molecule is CC(=O)Nc1cccc(-c2cnc3cc(-c4ccncc4)ccn23)c1. The lowest BCUT2D eigenvalue weighted by molar-refractivity contribution is -0.114. The molecule has 0 aliphatic carbocycles. The molecule has 0 bridgehead atoms. The van der Waals surface area contributed by atoms with E-state index in [0.29, 0.717) is 0 Å². The summed E-state index contributed by atoms with van der Waals surface area (Å²) in [5.74, 6) is -0.0858. The normalized spacial score (nSPS) is 10.8. The molecule has 0 fully saturated rings. The second-order valence-corrected chi connectivity index (χ2v) is 5.78. The average molecular weight is 328 g/mol. The average Bonchev–Trinajstić information content (AvgIpc) is 3.05. The fourth-order valence-corrected chi connectivity index (χ4v) is 2.88. The number of nitrogens with one attached hydrogen (secondary N) is 1. The minimum atomic E-state index is -0.0858. The molecule has 5 nitrogen and oxygen atoms in total. The summed E-state index contributed by atoms with van der Waals surface area (Å²) in [5, 5.41) is 2.81. The van der Waals surface area contributed by atoms with Crippen LogP contribution < -0.4 is 5.32 Å². The minimum Gasteiger partial charge on any atom is -0.326 e. The van der Waals surface area contributed by atoms with Crippen LogP contribution in [0.1, 0.15) is 6.92 Å². The Morgan fingerprint density at radius 2 is 1.84 bits per heavy atom. The van der Waals surface area contributed by atoms with Crippen molar-refractivity contribution < 1.29 is 4.79 Å². The molecule has 0 aliphatic heterocycles. The minimum absolute atomic E-state index is 0.0858. The molecule has 4 rings (SSSR count). The molecule has 0 saturated carbocycles. The van der Waals surface area contributed by atoms with Gasteiger partial charge in [0, 0.05) is 36.8 Å². The number of imidazole rings is 1. The van der Waals surface area contributed by atoms with Crippen LogP contribution in [0.2, 0.25) is 0 Å². The van der Waals surface area contributed by atoms with Crippen molar-refractivity contribution in [3.63, 3.8) is 0 Å². The number of carbonyl (C=O) groups is 1. The predicted molar refractivity (Wildman–Crippen MR) is 98.2 cm³/mol. The molecular weight excluding hydrogens is 312 g/mol. The number of pyridine rings is 2. The number of nitrogens with zero attached hydrogens (tertiary/aromatic N) is 3. The first-order valence-corrected chi connectivity index (χ1v) is 7.96. The number of benzene rings is 1. The second-order valence-electron chi connectivity index (χ2n) is 5.78. The van der Waals surface area contributed by atoms with Crippen molar-refractivity contribution in [1.82, 2.24) is 14.4 Å². The number of fused-ring (bicyclic) bond motifs is 1. The zero-order chi connectivity index (χ0) is 17.2. The highest BCUT2D eigenvalue weighted by Crippen LogP contribution is 2.26. The first kappa shape index (κ1) is 15.1. The number of anilines is 1. The summed E-state index contributed by atoms with van der Waals surface area (Å²) in [4.78, 5) is 19.8. The molecule has 0 aliphatic rings. The van der Waals surface area contributed by atoms with E-state index in [-0.39, 0.29) is 5.91 Å². The maximum absolute atomic E-state index is 11.3. The van der Waals surface area contributed by atoms with Gasteiger partial charge in [-0.15, -0.1) is 0 Å². The topological polar surface area (TPSA) is 59.3 Å². The number of aromatic nitrogens is 3. The van der Waals surface area contributed by atoms with Gasteiger partial charge >= 0.3 is 0 Å². The van der Waals surface area contributed by atoms with Gasteiger partial charge in [0.25, 0.3) is 0 Å². The molecule has 122 valence electrons. The Kier molecular flexibility index (Phi) is 3.74. The molecule has 0 radical (unpaired) electrons. The highest BCUT2D eigenvalue weighted by atomic mass is 16.1. The van der Waals surface area contributed by atoms with E-state index in [1.807, 2.05) is 53.2 Å². The van der Waals surface area contributed by atoms with Crippen LogP contribution in [-0.4, -0.2) is 20.3 Å². The molecule has 5 heteroatoms. The molecule has 1 N–H and O–H groups in total. The molecule has 4 aromatic rings. The largest absolute Gasteiger partial charge is 0.326 e.